The normalized spacial score (nSPS) is 13.6. The minimum absolute atomic E-state index is 0. The molecule has 4 heterocycles. The fourth-order valence-electron chi connectivity index (χ4n) is 6.56. The molecule has 2 aliphatic rings. The van der Waals surface area contributed by atoms with Crippen molar-refractivity contribution < 1.29 is 31.2 Å². The fourth-order valence-corrected chi connectivity index (χ4v) is 9.88. The highest BCUT2D eigenvalue weighted by molar-refractivity contribution is 7.91. The van der Waals surface area contributed by atoms with Crippen LogP contribution in [0.15, 0.2) is 83.1 Å². The van der Waals surface area contributed by atoms with Crippen LogP contribution < -0.4 is 5.32 Å². The third-order valence-electron chi connectivity index (χ3n) is 9.67. The zero-order valence-corrected chi connectivity index (χ0v) is 33.6. The number of aromatic nitrogens is 2. The molecule has 2 aromatic carbocycles. The van der Waals surface area contributed by atoms with E-state index in [0.29, 0.717) is 13.1 Å². The maximum absolute atomic E-state index is 13.2. The van der Waals surface area contributed by atoms with E-state index in [9.17, 15) is 26.4 Å². The lowest BCUT2D eigenvalue weighted by atomic mass is 10.0. The molecule has 0 unspecified atom stereocenters. The van der Waals surface area contributed by atoms with Gasteiger partial charge in [0.25, 0.3) is 5.91 Å². The summed E-state index contributed by atoms with van der Waals surface area (Å²) in [7, 11) is -6.18. The Hall–Kier alpha value is -4.46. The lowest BCUT2D eigenvalue weighted by Crippen LogP contribution is -2.29. The van der Waals surface area contributed by atoms with Gasteiger partial charge in [-0.05, 0) is 111 Å². The molecule has 0 atom stereocenters. The van der Waals surface area contributed by atoms with Crippen LogP contribution in [0.5, 0.6) is 0 Å². The molecule has 2 aliphatic heterocycles. The number of carbonyl (C=O) groups excluding carboxylic acids is 2. The van der Waals surface area contributed by atoms with E-state index >= 15 is 0 Å². The number of rotatable bonds is 10. The molecule has 0 radical (unpaired) electrons. The van der Waals surface area contributed by atoms with Crippen molar-refractivity contribution in [2.24, 2.45) is 0 Å². The minimum Gasteiger partial charge on any atom is -0.465 e. The molecule has 1 amide bonds. The number of hydrogen-bond donors (Lipinski definition) is 1. The molecule has 0 aliphatic carbocycles. The van der Waals surface area contributed by atoms with Crippen LogP contribution in [0, 0.1) is 13.8 Å². The van der Waals surface area contributed by atoms with Gasteiger partial charge in [-0.1, -0.05) is 65.1 Å². The number of nitrogens with zero attached hydrogens (tertiary/aromatic N) is 3. The Balaban J connectivity index is 0.000000334. The van der Waals surface area contributed by atoms with Gasteiger partial charge in [-0.25, -0.2) is 21.6 Å². The number of likely N-dealkylation sites (tertiary alicyclic amines) is 1. The summed E-state index contributed by atoms with van der Waals surface area (Å²) in [5.41, 5.74) is 5.69. The molecule has 2 saturated heterocycles. The smallest absolute Gasteiger partial charge is 0.339 e. The van der Waals surface area contributed by atoms with Gasteiger partial charge in [-0.15, -0.1) is 0 Å². The van der Waals surface area contributed by atoms with Crippen LogP contribution in [0.2, 0.25) is 0 Å². The van der Waals surface area contributed by atoms with Crippen molar-refractivity contribution in [1.29, 1.82) is 0 Å². The van der Waals surface area contributed by atoms with Gasteiger partial charge in [0.1, 0.15) is 0 Å². The Kier molecular flexibility index (Phi) is 19.0. The van der Waals surface area contributed by atoms with Gasteiger partial charge in [-0.3, -0.25) is 14.8 Å². The number of sulfone groups is 2. The number of methoxy groups -OCH3 is 1. The van der Waals surface area contributed by atoms with Crippen LogP contribution in [0.3, 0.4) is 0 Å². The number of esters is 1. The second-order valence-electron chi connectivity index (χ2n) is 13.3. The van der Waals surface area contributed by atoms with Gasteiger partial charge in [0.2, 0.25) is 0 Å². The van der Waals surface area contributed by atoms with Crippen LogP contribution >= 0.6 is 0 Å². The third-order valence-corrected chi connectivity index (χ3v) is 13.0. The lowest BCUT2D eigenvalue weighted by Gasteiger charge is -2.18. The van der Waals surface area contributed by atoms with Gasteiger partial charge in [0, 0.05) is 37.9 Å². The standard InChI is InChI=1S/C20H24N2O3S.C17H19NO4S.C4H9N.2CH4/c1-3-16-8-6-7-15(2)18(16)14-26(24,25)19-13-21-10-9-17(19)20(23)22-11-4-5-12-22;1-4-13-7-5-6-12(2)15(13)11-23(20,21)16-10-18-9-8-14(16)17(19)22-3;1-2-4-5-3-1;;/h6-10,13H,3-5,11-12,14H2,1-2H3;5-10H,4,11H2,1-3H3;5H,1-4H2;2*1H4. The van der Waals surface area contributed by atoms with Crippen molar-refractivity contribution in [3.8, 4) is 0 Å². The quantitative estimate of drug-likeness (QED) is 0.159. The number of aryl methyl sites for hydroxylation is 4. The van der Waals surface area contributed by atoms with Crippen LogP contribution in [0.25, 0.3) is 0 Å². The summed E-state index contributed by atoms with van der Waals surface area (Å²) in [6.07, 6.45) is 11.6. The Morgan fingerprint density at radius 1 is 0.696 bits per heavy atom. The molecule has 0 bridgehead atoms. The van der Waals surface area contributed by atoms with E-state index in [0.717, 1.165) is 59.1 Å². The maximum Gasteiger partial charge on any atom is 0.339 e. The molecule has 0 saturated carbocycles. The summed E-state index contributed by atoms with van der Waals surface area (Å²) in [6.45, 7) is 11.7. The number of amides is 1. The van der Waals surface area contributed by atoms with E-state index in [1.54, 1.807) is 4.90 Å². The van der Waals surface area contributed by atoms with Crippen LogP contribution in [-0.2, 0) is 48.8 Å². The van der Waals surface area contributed by atoms with Gasteiger partial charge in [0.05, 0.1) is 39.5 Å². The summed E-state index contributed by atoms with van der Waals surface area (Å²) in [5.74, 6) is -1.19. The van der Waals surface area contributed by atoms with Crippen LogP contribution in [0.1, 0.15) is 108 Å². The van der Waals surface area contributed by atoms with Gasteiger partial charge < -0.3 is 15.0 Å². The Morgan fingerprint density at radius 3 is 1.55 bits per heavy atom. The zero-order chi connectivity index (χ0) is 39.3. The van der Waals surface area contributed by atoms with E-state index < -0.39 is 25.6 Å². The number of hydrogen-bond acceptors (Lipinski definition) is 10. The highest BCUT2D eigenvalue weighted by Gasteiger charge is 2.29. The topological polar surface area (TPSA) is 153 Å². The van der Waals surface area contributed by atoms with E-state index in [1.165, 1.54) is 70.0 Å². The van der Waals surface area contributed by atoms with Crippen LogP contribution in [0.4, 0.5) is 0 Å². The van der Waals surface area contributed by atoms with Gasteiger partial charge in [0.15, 0.2) is 19.7 Å². The number of carbonyl (C=O) groups is 2. The predicted octanol–water partition coefficient (Wildman–Crippen LogP) is 7.52. The van der Waals surface area contributed by atoms with E-state index in [4.69, 9.17) is 0 Å². The number of pyridine rings is 2. The minimum atomic E-state index is -3.72. The average Bonchev–Trinajstić information content (AvgIpc) is 3.95. The predicted molar refractivity (Wildman–Crippen MR) is 223 cm³/mol. The lowest BCUT2D eigenvalue weighted by molar-refractivity contribution is 0.0595. The molecule has 6 rings (SSSR count). The van der Waals surface area contributed by atoms with Crippen molar-refractivity contribution >= 4 is 31.6 Å². The molecule has 11 nitrogen and oxygen atoms in total. The molecule has 13 heteroatoms. The average molecular weight is 809 g/mol. The van der Waals surface area contributed by atoms with Crippen molar-refractivity contribution in [3.05, 3.63) is 118 Å². The first kappa shape index (κ1) is 47.7. The first-order valence-corrected chi connectivity index (χ1v) is 21.7. The van der Waals surface area contributed by atoms with E-state index in [-0.39, 0.29) is 53.2 Å². The molecular formula is C43H60N4O7S2. The number of ether oxygens (including phenoxy) is 1. The van der Waals surface area contributed by atoms with Gasteiger partial charge in [-0.2, -0.15) is 0 Å². The Labute approximate surface area is 335 Å². The first-order chi connectivity index (χ1) is 25.8. The van der Waals surface area contributed by atoms with Crippen molar-refractivity contribution in [3.63, 3.8) is 0 Å². The molecule has 2 aromatic heterocycles. The maximum atomic E-state index is 13.2. The molecule has 4 aromatic rings. The van der Waals surface area contributed by atoms with Crippen LogP contribution in [-0.4, -0.2) is 76.9 Å². The summed E-state index contributed by atoms with van der Waals surface area (Å²) >= 11 is 0. The fraction of sp³-hybridized carbons (Fsp3) is 0.442. The molecule has 2 fully saturated rings. The molecular weight excluding hydrogens is 749 g/mol. The van der Waals surface area contributed by atoms with E-state index in [1.807, 2.05) is 64.1 Å². The number of benzene rings is 2. The molecule has 0 spiro atoms. The first-order valence-electron chi connectivity index (χ1n) is 18.4. The second kappa shape index (κ2) is 22.3. The van der Waals surface area contributed by atoms with Crippen molar-refractivity contribution in [2.75, 3.05) is 33.3 Å². The Bertz CT molecular complexity index is 2120. The largest absolute Gasteiger partial charge is 0.465 e. The molecule has 306 valence electrons. The highest BCUT2D eigenvalue weighted by Crippen LogP contribution is 2.27. The second-order valence-corrected chi connectivity index (χ2v) is 17.3. The highest BCUT2D eigenvalue weighted by atomic mass is 32.2. The summed E-state index contributed by atoms with van der Waals surface area (Å²) in [5, 5.41) is 3.22. The number of nitrogens with one attached hydrogen (secondary N) is 1. The summed E-state index contributed by atoms with van der Waals surface area (Å²) in [4.78, 5) is 34.1. The van der Waals surface area contributed by atoms with E-state index in [2.05, 4.69) is 20.0 Å². The third kappa shape index (κ3) is 12.3. The zero-order valence-electron chi connectivity index (χ0n) is 31.9. The monoisotopic (exact) mass is 808 g/mol. The van der Waals surface area contributed by atoms with Crippen molar-refractivity contribution in [1.82, 2.24) is 20.2 Å². The SMILES string of the molecule is C.C.C1CCNC1.CCc1cccc(C)c1CS(=O)(=O)c1cnccc1C(=O)N1CCCC1.CCc1cccc(C)c1CS(=O)(=O)c1cnccc1C(=O)OC. The summed E-state index contributed by atoms with van der Waals surface area (Å²) in [6, 6.07) is 14.4. The van der Waals surface area contributed by atoms with Gasteiger partial charge >= 0.3 is 5.97 Å². The Morgan fingerprint density at radius 2 is 1.14 bits per heavy atom. The molecule has 56 heavy (non-hydrogen) atoms. The molecule has 1 N–H and O–H groups in total. The summed E-state index contributed by atoms with van der Waals surface area (Å²) < 4.78 is 56.6. The van der Waals surface area contributed by atoms with Crippen molar-refractivity contribution in [2.45, 2.75) is 102 Å².